The molecule has 3 aliphatic rings. The average Bonchev–Trinajstić information content (AvgIpc) is 2.60. The van der Waals surface area contributed by atoms with E-state index in [9.17, 15) is 9.90 Å². The van der Waals surface area contributed by atoms with Gasteiger partial charge >= 0.3 is 0 Å². The molecule has 118 valence electrons. The quantitative estimate of drug-likeness (QED) is 0.684. The first kappa shape index (κ1) is 14.4. The number of carbonyl (C=O) groups is 1. The predicted octanol–water partition coefficient (Wildman–Crippen LogP) is 3.16. The van der Waals surface area contributed by atoms with Crippen molar-refractivity contribution in [1.82, 2.24) is 9.88 Å². The van der Waals surface area contributed by atoms with Crippen molar-refractivity contribution in [3.8, 4) is 5.75 Å². The SMILES string of the molecule is C/C=C1\CN2CC[C@H]1C[C@H]2C(=O)c1ccnc2ccc(O)cc12. The summed E-state index contributed by atoms with van der Waals surface area (Å²) in [6, 6.07) is 6.74. The molecule has 1 unspecified atom stereocenters. The minimum atomic E-state index is -0.0506. The summed E-state index contributed by atoms with van der Waals surface area (Å²) in [7, 11) is 0. The molecule has 5 rings (SSSR count). The molecule has 3 fully saturated rings. The number of pyridine rings is 1. The topological polar surface area (TPSA) is 53.4 Å². The molecule has 3 saturated heterocycles. The van der Waals surface area contributed by atoms with Gasteiger partial charge < -0.3 is 5.11 Å². The van der Waals surface area contributed by atoms with Crippen molar-refractivity contribution in [3.63, 3.8) is 0 Å². The number of carbonyl (C=O) groups excluding carboxylic acids is 1. The van der Waals surface area contributed by atoms with Crippen LogP contribution in [0, 0.1) is 5.92 Å². The number of benzene rings is 1. The molecule has 4 heterocycles. The van der Waals surface area contributed by atoms with E-state index in [-0.39, 0.29) is 17.6 Å². The molecular weight excluding hydrogens is 288 g/mol. The van der Waals surface area contributed by atoms with Crippen LogP contribution >= 0.6 is 0 Å². The molecule has 2 aromatic rings. The van der Waals surface area contributed by atoms with E-state index >= 15 is 0 Å². The van der Waals surface area contributed by atoms with Crippen molar-refractivity contribution >= 4 is 16.7 Å². The van der Waals surface area contributed by atoms with Crippen molar-refractivity contribution in [3.05, 3.63) is 47.7 Å². The summed E-state index contributed by atoms with van der Waals surface area (Å²) in [5.74, 6) is 0.865. The van der Waals surface area contributed by atoms with E-state index in [1.165, 1.54) is 5.57 Å². The molecule has 0 spiro atoms. The summed E-state index contributed by atoms with van der Waals surface area (Å²) >= 11 is 0. The minimum Gasteiger partial charge on any atom is -0.508 e. The molecular formula is C19H20N2O2. The second kappa shape index (κ2) is 5.46. The third-order valence-corrected chi connectivity index (χ3v) is 5.29. The van der Waals surface area contributed by atoms with Gasteiger partial charge in [0.25, 0.3) is 0 Å². The molecule has 2 bridgehead atoms. The summed E-state index contributed by atoms with van der Waals surface area (Å²) in [5, 5.41) is 10.5. The number of aromatic hydroxyl groups is 1. The molecule has 3 aliphatic heterocycles. The second-order valence-corrected chi connectivity index (χ2v) is 6.50. The summed E-state index contributed by atoms with van der Waals surface area (Å²) in [6.07, 6.45) is 5.94. The van der Waals surface area contributed by atoms with E-state index in [1.807, 2.05) is 0 Å². The van der Waals surface area contributed by atoms with Crippen LogP contribution in [0.2, 0.25) is 0 Å². The molecule has 3 atom stereocenters. The Morgan fingerprint density at radius 3 is 3.00 bits per heavy atom. The van der Waals surface area contributed by atoms with Gasteiger partial charge in [0.1, 0.15) is 5.75 Å². The van der Waals surface area contributed by atoms with Gasteiger partial charge in [-0.25, -0.2) is 0 Å². The molecule has 0 amide bonds. The Labute approximate surface area is 135 Å². The maximum absolute atomic E-state index is 13.1. The van der Waals surface area contributed by atoms with E-state index in [1.54, 1.807) is 30.5 Å². The van der Waals surface area contributed by atoms with Crippen LogP contribution in [0.25, 0.3) is 10.9 Å². The van der Waals surface area contributed by atoms with Crippen molar-refractivity contribution < 1.29 is 9.90 Å². The van der Waals surface area contributed by atoms with Crippen molar-refractivity contribution in [1.29, 1.82) is 0 Å². The van der Waals surface area contributed by atoms with Crippen molar-refractivity contribution in [2.75, 3.05) is 13.1 Å². The van der Waals surface area contributed by atoms with Crippen LogP contribution in [-0.2, 0) is 0 Å². The third-order valence-electron chi connectivity index (χ3n) is 5.29. The lowest BCUT2D eigenvalue weighted by Gasteiger charge is -2.46. The Morgan fingerprint density at radius 2 is 2.26 bits per heavy atom. The smallest absolute Gasteiger partial charge is 0.180 e. The standard InChI is InChI=1S/C19H20N2O2/c1-2-12-11-21-8-6-13(12)9-18(21)19(23)15-5-7-20-17-4-3-14(22)10-16(15)17/h2-5,7,10,13,18,22H,6,8-9,11H2,1H3/b12-2+/t13-,18-/m0/s1. The van der Waals surface area contributed by atoms with Gasteiger partial charge in [-0.2, -0.15) is 0 Å². The number of rotatable bonds is 2. The predicted molar refractivity (Wildman–Crippen MR) is 89.6 cm³/mol. The Balaban J connectivity index is 1.72. The van der Waals surface area contributed by atoms with Gasteiger partial charge in [0, 0.05) is 23.7 Å². The Bertz CT molecular complexity index is 812. The van der Waals surface area contributed by atoms with E-state index in [0.29, 0.717) is 11.5 Å². The first-order chi connectivity index (χ1) is 11.2. The molecule has 1 N–H and O–H groups in total. The lowest BCUT2D eigenvalue weighted by Crippen LogP contribution is -2.53. The largest absolute Gasteiger partial charge is 0.508 e. The van der Waals surface area contributed by atoms with Crippen LogP contribution in [0.15, 0.2) is 42.1 Å². The zero-order chi connectivity index (χ0) is 16.0. The van der Waals surface area contributed by atoms with Gasteiger partial charge in [0.05, 0.1) is 11.6 Å². The number of hydrogen-bond donors (Lipinski definition) is 1. The maximum Gasteiger partial charge on any atom is 0.180 e. The van der Waals surface area contributed by atoms with Gasteiger partial charge in [0.15, 0.2) is 5.78 Å². The monoisotopic (exact) mass is 308 g/mol. The number of Topliss-reactive ketones (excluding diaryl/α,β-unsaturated/α-hetero) is 1. The van der Waals surface area contributed by atoms with E-state index in [4.69, 9.17) is 0 Å². The molecule has 23 heavy (non-hydrogen) atoms. The molecule has 4 heteroatoms. The van der Waals surface area contributed by atoms with Gasteiger partial charge in [0.2, 0.25) is 0 Å². The van der Waals surface area contributed by atoms with Crippen LogP contribution in [0.1, 0.15) is 30.1 Å². The molecule has 1 aromatic carbocycles. The number of ketones is 1. The highest BCUT2D eigenvalue weighted by Crippen LogP contribution is 2.37. The molecule has 4 nitrogen and oxygen atoms in total. The Morgan fingerprint density at radius 1 is 1.39 bits per heavy atom. The van der Waals surface area contributed by atoms with Crippen LogP contribution in [-0.4, -0.2) is 39.9 Å². The number of aromatic nitrogens is 1. The fourth-order valence-electron chi connectivity index (χ4n) is 4.03. The third kappa shape index (κ3) is 2.34. The highest BCUT2D eigenvalue weighted by atomic mass is 16.3. The number of fused-ring (bicyclic) bond motifs is 4. The summed E-state index contributed by atoms with van der Waals surface area (Å²) in [6.45, 7) is 3.99. The minimum absolute atomic E-state index is 0.0506. The van der Waals surface area contributed by atoms with Crippen LogP contribution < -0.4 is 0 Å². The summed E-state index contributed by atoms with van der Waals surface area (Å²) in [5.41, 5.74) is 2.89. The number of phenolic OH excluding ortho intramolecular Hbond substituents is 1. The van der Waals surface area contributed by atoms with Gasteiger partial charge in [-0.15, -0.1) is 0 Å². The number of hydrogen-bond acceptors (Lipinski definition) is 4. The van der Waals surface area contributed by atoms with E-state index < -0.39 is 0 Å². The molecule has 0 radical (unpaired) electrons. The van der Waals surface area contributed by atoms with Crippen LogP contribution in [0.5, 0.6) is 5.75 Å². The fraction of sp³-hybridized carbons (Fsp3) is 0.368. The van der Waals surface area contributed by atoms with Gasteiger partial charge in [-0.1, -0.05) is 11.6 Å². The maximum atomic E-state index is 13.1. The Kier molecular flexibility index (Phi) is 3.42. The first-order valence-corrected chi connectivity index (χ1v) is 8.18. The highest BCUT2D eigenvalue weighted by molar-refractivity contribution is 6.10. The van der Waals surface area contributed by atoms with Crippen molar-refractivity contribution in [2.24, 2.45) is 5.92 Å². The fourth-order valence-corrected chi connectivity index (χ4v) is 4.03. The normalized spacial score (nSPS) is 28.4. The zero-order valence-corrected chi connectivity index (χ0v) is 13.2. The number of allylic oxidation sites excluding steroid dienone is 1. The van der Waals surface area contributed by atoms with Crippen molar-refractivity contribution in [2.45, 2.75) is 25.8 Å². The van der Waals surface area contributed by atoms with E-state index in [2.05, 4.69) is 22.9 Å². The van der Waals surface area contributed by atoms with Gasteiger partial charge in [-0.3, -0.25) is 14.7 Å². The van der Waals surface area contributed by atoms with Gasteiger partial charge in [-0.05, 0) is 56.5 Å². The molecule has 0 saturated carbocycles. The van der Waals surface area contributed by atoms with E-state index in [0.717, 1.165) is 36.8 Å². The Hall–Kier alpha value is -2.20. The lowest BCUT2D eigenvalue weighted by molar-refractivity contribution is 0.0600. The molecule has 1 aromatic heterocycles. The second-order valence-electron chi connectivity index (χ2n) is 6.50. The zero-order valence-electron chi connectivity index (χ0n) is 13.2. The highest BCUT2D eigenvalue weighted by Gasteiger charge is 2.40. The summed E-state index contributed by atoms with van der Waals surface area (Å²) < 4.78 is 0. The lowest BCUT2D eigenvalue weighted by atomic mass is 9.77. The number of phenols is 1. The molecule has 0 aliphatic carbocycles. The van der Waals surface area contributed by atoms with Crippen LogP contribution in [0.4, 0.5) is 0 Å². The van der Waals surface area contributed by atoms with Crippen LogP contribution in [0.3, 0.4) is 0 Å². The summed E-state index contributed by atoms with van der Waals surface area (Å²) in [4.78, 5) is 19.7. The number of nitrogens with zero attached hydrogens (tertiary/aromatic N) is 2. The average molecular weight is 308 g/mol. The first-order valence-electron chi connectivity index (χ1n) is 8.18. The number of piperidine rings is 3.